The van der Waals surface area contributed by atoms with Crippen LogP contribution < -0.4 is 10.3 Å². The van der Waals surface area contributed by atoms with Crippen LogP contribution in [0.3, 0.4) is 0 Å². The number of H-pyrrole nitrogens is 1. The first-order valence-electron chi connectivity index (χ1n) is 5.23. The van der Waals surface area contributed by atoms with E-state index in [1.165, 1.54) is 18.3 Å². The van der Waals surface area contributed by atoms with Crippen LogP contribution in [0, 0.1) is 0 Å². The molecular weight excluding hydrogens is 244 g/mol. The predicted octanol–water partition coefficient (Wildman–Crippen LogP) is 0.0798. The van der Waals surface area contributed by atoms with E-state index in [4.69, 9.17) is 4.74 Å². The highest BCUT2D eigenvalue weighted by Crippen LogP contribution is 2.03. The maximum Gasteiger partial charge on any atom is 0.247 e. The lowest BCUT2D eigenvalue weighted by Gasteiger charge is -2.05. The number of sulfonamides is 1. The van der Waals surface area contributed by atoms with E-state index in [0.29, 0.717) is 19.6 Å². The Morgan fingerprint density at radius 3 is 2.71 bits per heavy atom. The summed E-state index contributed by atoms with van der Waals surface area (Å²) in [7, 11) is -1.92. The zero-order chi connectivity index (χ0) is 12.7. The largest absolute Gasteiger partial charge is 0.385 e. The lowest BCUT2D eigenvalue weighted by Crippen LogP contribution is -2.25. The summed E-state index contributed by atoms with van der Waals surface area (Å²) in [4.78, 5) is 13.2. The molecule has 0 unspecified atom stereocenters. The molecule has 7 heteroatoms. The number of aromatic nitrogens is 1. The van der Waals surface area contributed by atoms with E-state index in [1.807, 2.05) is 0 Å². The van der Waals surface area contributed by atoms with E-state index in [2.05, 4.69) is 9.71 Å². The van der Waals surface area contributed by atoms with E-state index >= 15 is 0 Å². The molecule has 96 valence electrons. The summed E-state index contributed by atoms with van der Waals surface area (Å²) in [6, 6.07) is 2.45. The second-order valence-electron chi connectivity index (χ2n) is 3.49. The number of unbranched alkanes of at least 4 members (excludes halogenated alkanes) is 1. The van der Waals surface area contributed by atoms with Gasteiger partial charge in [0.15, 0.2) is 0 Å². The van der Waals surface area contributed by atoms with Crippen LogP contribution in [0.15, 0.2) is 28.0 Å². The Kier molecular flexibility index (Phi) is 5.33. The molecule has 0 aliphatic heterocycles. The number of hydrogen-bond donors (Lipinski definition) is 2. The molecule has 1 aromatic heterocycles. The van der Waals surface area contributed by atoms with Crippen LogP contribution >= 0.6 is 0 Å². The monoisotopic (exact) mass is 260 g/mol. The SMILES string of the molecule is COCCCCNS(=O)(=O)c1ccc(=O)[nH]c1. The number of ether oxygens (including phenoxy) is 1. The van der Waals surface area contributed by atoms with Crippen molar-refractivity contribution in [2.45, 2.75) is 17.7 Å². The average molecular weight is 260 g/mol. The maximum atomic E-state index is 11.7. The Balaban J connectivity index is 2.51. The molecule has 0 amide bonds. The third-order valence-corrected chi connectivity index (χ3v) is 3.59. The fraction of sp³-hybridized carbons (Fsp3) is 0.500. The summed E-state index contributed by atoms with van der Waals surface area (Å²) in [5.41, 5.74) is -0.330. The summed E-state index contributed by atoms with van der Waals surface area (Å²) in [5.74, 6) is 0. The van der Waals surface area contributed by atoms with Crippen LogP contribution in [0.4, 0.5) is 0 Å². The Labute approximate surface area is 100 Å². The van der Waals surface area contributed by atoms with Crippen molar-refractivity contribution in [3.05, 3.63) is 28.7 Å². The molecule has 0 radical (unpaired) electrons. The topological polar surface area (TPSA) is 88.3 Å². The molecule has 0 bridgehead atoms. The van der Waals surface area contributed by atoms with Crippen molar-refractivity contribution >= 4 is 10.0 Å². The summed E-state index contributed by atoms with van der Waals surface area (Å²) >= 11 is 0. The molecule has 1 heterocycles. The average Bonchev–Trinajstić information content (AvgIpc) is 2.29. The van der Waals surface area contributed by atoms with Gasteiger partial charge < -0.3 is 9.72 Å². The lowest BCUT2D eigenvalue weighted by atomic mass is 10.3. The Hall–Kier alpha value is -1.18. The summed E-state index contributed by atoms with van der Waals surface area (Å²) < 4.78 is 30.7. The number of rotatable bonds is 7. The third-order valence-electron chi connectivity index (χ3n) is 2.13. The number of methoxy groups -OCH3 is 1. The van der Waals surface area contributed by atoms with E-state index in [9.17, 15) is 13.2 Å². The van der Waals surface area contributed by atoms with Crippen LogP contribution in [0.25, 0.3) is 0 Å². The summed E-state index contributed by atoms with van der Waals surface area (Å²) in [6.45, 7) is 0.963. The maximum absolute atomic E-state index is 11.7. The van der Waals surface area contributed by atoms with E-state index in [0.717, 1.165) is 6.42 Å². The molecule has 0 saturated heterocycles. The number of nitrogens with one attached hydrogen (secondary N) is 2. The molecule has 6 nitrogen and oxygen atoms in total. The molecule has 0 saturated carbocycles. The van der Waals surface area contributed by atoms with E-state index in [1.54, 1.807) is 7.11 Å². The quantitative estimate of drug-likeness (QED) is 0.680. The fourth-order valence-corrected chi connectivity index (χ4v) is 2.27. The zero-order valence-corrected chi connectivity index (χ0v) is 10.4. The standard InChI is InChI=1S/C10H16N2O4S/c1-16-7-3-2-6-12-17(14,15)9-4-5-10(13)11-8-9/h4-5,8,12H,2-3,6-7H2,1H3,(H,11,13). The Bertz CT molecular complexity index is 475. The fourth-order valence-electron chi connectivity index (χ4n) is 1.22. The molecule has 17 heavy (non-hydrogen) atoms. The first kappa shape index (κ1) is 13.9. The van der Waals surface area contributed by atoms with Gasteiger partial charge in [0.05, 0.1) is 4.90 Å². The Morgan fingerprint density at radius 2 is 2.12 bits per heavy atom. The summed E-state index contributed by atoms with van der Waals surface area (Å²) in [6.07, 6.45) is 2.68. The molecule has 0 fully saturated rings. The molecule has 0 aromatic carbocycles. The van der Waals surface area contributed by atoms with Crippen molar-refractivity contribution in [2.24, 2.45) is 0 Å². The van der Waals surface area contributed by atoms with Crippen LogP contribution in [0.2, 0.25) is 0 Å². The molecular formula is C10H16N2O4S. The second-order valence-corrected chi connectivity index (χ2v) is 5.25. The van der Waals surface area contributed by atoms with Gasteiger partial charge in [-0.15, -0.1) is 0 Å². The highest BCUT2D eigenvalue weighted by atomic mass is 32.2. The minimum atomic E-state index is -3.53. The van der Waals surface area contributed by atoms with Gasteiger partial charge in [-0.25, -0.2) is 13.1 Å². The van der Waals surface area contributed by atoms with Gasteiger partial charge in [-0.2, -0.15) is 0 Å². The van der Waals surface area contributed by atoms with Crippen LogP contribution in [-0.2, 0) is 14.8 Å². The molecule has 1 rings (SSSR count). The van der Waals surface area contributed by atoms with Gasteiger partial charge in [0.25, 0.3) is 0 Å². The van der Waals surface area contributed by atoms with Crippen LogP contribution in [-0.4, -0.2) is 33.7 Å². The van der Waals surface area contributed by atoms with Gasteiger partial charge in [0.1, 0.15) is 0 Å². The molecule has 0 aliphatic carbocycles. The second kappa shape index (κ2) is 6.53. The highest BCUT2D eigenvalue weighted by molar-refractivity contribution is 7.89. The van der Waals surface area contributed by atoms with Gasteiger partial charge in [-0.1, -0.05) is 0 Å². The van der Waals surface area contributed by atoms with Crippen molar-refractivity contribution in [2.75, 3.05) is 20.3 Å². The molecule has 0 spiro atoms. The number of hydrogen-bond acceptors (Lipinski definition) is 4. The van der Waals surface area contributed by atoms with Crippen molar-refractivity contribution in [1.29, 1.82) is 0 Å². The minimum absolute atomic E-state index is 0.0591. The van der Waals surface area contributed by atoms with Gasteiger partial charge in [0.2, 0.25) is 15.6 Å². The first-order valence-corrected chi connectivity index (χ1v) is 6.72. The van der Waals surface area contributed by atoms with Gasteiger partial charge >= 0.3 is 0 Å². The number of pyridine rings is 1. The van der Waals surface area contributed by atoms with E-state index < -0.39 is 10.0 Å². The molecule has 0 aliphatic rings. The van der Waals surface area contributed by atoms with Crippen molar-refractivity contribution in [3.63, 3.8) is 0 Å². The summed E-state index contributed by atoms with van der Waals surface area (Å²) in [5, 5.41) is 0. The van der Waals surface area contributed by atoms with Gasteiger partial charge in [0, 0.05) is 32.5 Å². The van der Waals surface area contributed by atoms with Gasteiger partial charge in [-0.05, 0) is 18.9 Å². The van der Waals surface area contributed by atoms with Crippen molar-refractivity contribution in [1.82, 2.24) is 9.71 Å². The lowest BCUT2D eigenvalue weighted by molar-refractivity contribution is 0.193. The van der Waals surface area contributed by atoms with Crippen molar-refractivity contribution < 1.29 is 13.2 Å². The van der Waals surface area contributed by atoms with E-state index in [-0.39, 0.29) is 10.5 Å². The molecule has 1 aromatic rings. The smallest absolute Gasteiger partial charge is 0.247 e. The number of aromatic amines is 1. The zero-order valence-electron chi connectivity index (χ0n) is 9.60. The highest BCUT2D eigenvalue weighted by Gasteiger charge is 2.12. The van der Waals surface area contributed by atoms with Crippen LogP contribution in [0.5, 0.6) is 0 Å². The van der Waals surface area contributed by atoms with Crippen LogP contribution in [0.1, 0.15) is 12.8 Å². The molecule has 0 atom stereocenters. The predicted molar refractivity (Wildman–Crippen MR) is 63.4 cm³/mol. The Morgan fingerprint density at radius 1 is 1.35 bits per heavy atom. The molecule has 2 N–H and O–H groups in total. The first-order chi connectivity index (χ1) is 8.06. The minimum Gasteiger partial charge on any atom is -0.385 e. The normalized spacial score (nSPS) is 11.6. The van der Waals surface area contributed by atoms with Gasteiger partial charge in [-0.3, -0.25) is 4.79 Å². The van der Waals surface area contributed by atoms with Crippen molar-refractivity contribution in [3.8, 4) is 0 Å². The third kappa shape index (κ3) is 4.68.